The molecule has 0 saturated heterocycles. The minimum absolute atomic E-state index is 0.282. The Balaban J connectivity index is 2.02. The van der Waals surface area contributed by atoms with Gasteiger partial charge in [-0.1, -0.05) is 43.1 Å². The third kappa shape index (κ3) is 3.75. The maximum atomic E-state index is 5.96. The van der Waals surface area contributed by atoms with Crippen molar-refractivity contribution in [3.05, 3.63) is 11.2 Å². The van der Waals surface area contributed by atoms with Crippen molar-refractivity contribution in [1.82, 2.24) is 9.97 Å². The van der Waals surface area contributed by atoms with Gasteiger partial charge in [0.15, 0.2) is 5.16 Å². The van der Waals surface area contributed by atoms with Crippen LogP contribution in [0.25, 0.3) is 0 Å². The molecular formula is C13H19ClN2OS. The smallest absolute Gasteiger partial charge is 0.219 e. The molecule has 1 aliphatic carbocycles. The largest absolute Gasteiger partial charge is 0.474 e. The summed E-state index contributed by atoms with van der Waals surface area (Å²) in [6, 6.07) is 1.71. The van der Waals surface area contributed by atoms with Crippen LogP contribution < -0.4 is 4.74 Å². The molecule has 100 valence electrons. The van der Waals surface area contributed by atoms with Crippen LogP contribution in [0.15, 0.2) is 11.2 Å². The summed E-state index contributed by atoms with van der Waals surface area (Å²) < 4.78 is 5.96. The normalized spacial score (nSPS) is 23.9. The Labute approximate surface area is 118 Å². The molecule has 3 nitrogen and oxygen atoms in total. The predicted octanol–water partition coefficient (Wildman–Crippen LogP) is 4.20. The second-order valence-electron chi connectivity index (χ2n) is 4.70. The van der Waals surface area contributed by atoms with Gasteiger partial charge in [-0.05, 0) is 31.4 Å². The molecule has 1 saturated carbocycles. The van der Waals surface area contributed by atoms with Crippen molar-refractivity contribution >= 4 is 23.4 Å². The topological polar surface area (TPSA) is 35.0 Å². The van der Waals surface area contributed by atoms with Gasteiger partial charge in [-0.2, -0.15) is 4.98 Å². The second-order valence-corrected chi connectivity index (χ2v) is 5.86. The van der Waals surface area contributed by atoms with Crippen LogP contribution in [0.4, 0.5) is 0 Å². The second kappa shape index (κ2) is 6.62. The number of hydrogen-bond donors (Lipinski definition) is 0. The Hall–Kier alpha value is -0.480. The summed E-state index contributed by atoms with van der Waals surface area (Å²) in [7, 11) is 0. The fourth-order valence-corrected chi connectivity index (χ4v) is 3.01. The van der Waals surface area contributed by atoms with E-state index in [4.69, 9.17) is 16.3 Å². The molecule has 0 radical (unpaired) electrons. The van der Waals surface area contributed by atoms with Gasteiger partial charge in [0.1, 0.15) is 11.3 Å². The van der Waals surface area contributed by atoms with Crippen molar-refractivity contribution in [2.75, 3.05) is 6.26 Å². The lowest BCUT2D eigenvalue weighted by Gasteiger charge is -2.28. The summed E-state index contributed by atoms with van der Waals surface area (Å²) in [6.07, 6.45) is 8.28. The maximum Gasteiger partial charge on any atom is 0.219 e. The van der Waals surface area contributed by atoms with Crippen LogP contribution in [0.2, 0.25) is 5.15 Å². The van der Waals surface area contributed by atoms with Gasteiger partial charge in [0, 0.05) is 6.07 Å². The number of aromatic nitrogens is 2. The first-order valence-electron chi connectivity index (χ1n) is 6.46. The van der Waals surface area contributed by atoms with E-state index in [-0.39, 0.29) is 6.10 Å². The van der Waals surface area contributed by atoms with E-state index < -0.39 is 0 Å². The quantitative estimate of drug-likeness (QED) is 0.472. The average Bonchev–Trinajstić information content (AvgIpc) is 2.38. The third-order valence-electron chi connectivity index (χ3n) is 3.43. The molecule has 0 spiro atoms. The first-order valence-corrected chi connectivity index (χ1v) is 8.06. The van der Waals surface area contributed by atoms with Crippen LogP contribution >= 0.6 is 23.4 Å². The Morgan fingerprint density at radius 1 is 1.44 bits per heavy atom. The Kier molecular flexibility index (Phi) is 5.13. The minimum atomic E-state index is 0.282. The lowest BCUT2D eigenvalue weighted by molar-refractivity contribution is 0.116. The first-order chi connectivity index (χ1) is 8.71. The maximum absolute atomic E-state index is 5.96. The zero-order valence-electron chi connectivity index (χ0n) is 10.9. The van der Waals surface area contributed by atoms with Crippen LogP contribution in [0.3, 0.4) is 0 Å². The molecule has 1 aromatic rings. The van der Waals surface area contributed by atoms with Crippen LogP contribution in [0, 0.1) is 5.92 Å². The average molecular weight is 287 g/mol. The molecule has 1 fully saturated rings. The molecule has 1 aromatic heterocycles. The zero-order chi connectivity index (χ0) is 13.0. The summed E-state index contributed by atoms with van der Waals surface area (Å²) in [6.45, 7) is 2.25. The van der Waals surface area contributed by atoms with Gasteiger partial charge in [-0.25, -0.2) is 4.98 Å². The summed E-state index contributed by atoms with van der Waals surface area (Å²) in [5, 5.41) is 1.12. The molecule has 5 heteroatoms. The minimum Gasteiger partial charge on any atom is -0.474 e. The lowest BCUT2D eigenvalue weighted by Crippen LogP contribution is -2.25. The van der Waals surface area contributed by atoms with Crippen molar-refractivity contribution in [2.24, 2.45) is 5.92 Å². The molecule has 18 heavy (non-hydrogen) atoms. The Bertz CT molecular complexity index is 403. The zero-order valence-corrected chi connectivity index (χ0v) is 12.4. The van der Waals surface area contributed by atoms with Gasteiger partial charge >= 0.3 is 0 Å². The van der Waals surface area contributed by atoms with Crippen LogP contribution in [-0.4, -0.2) is 22.3 Å². The van der Waals surface area contributed by atoms with E-state index in [2.05, 4.69) is 16.9 Å². The molecule has 1 heterocycles. The predicted molar refractivity (Wildman–Crippen MR) is 75.5 cm³/mol. The van der Waals surface area contributed by atoms with Crippen LogP contribution in [0.1, 0.15) is 39.0 Å². The fourth-order valence-electron chi connectivity index (χ4n) is 2.42. The van der Waals surface area contributed by atoms with E-state index in [1.807, 2.05) is 6.26 Å². The van der Waals surface area contributed by atoms with Crippen LogP contribution in [-0.2, 0) is 0 Å². The number of ether oxygens (including phenoxy) is 1. The summed E-state index contributed by atoms with van der Waals surface area (Å²) >= 11 is 7.44. The molecule has 0 amide bonds. The highest BCUT2D eigenvalue weighted by molar-refractivity contribution is 7.98. The van der Waals surface area contributed by atoms with E-state index in [1.54, 1.807) is 6.07 Å². The summed E-state index contributed by atoms with van der Waals surface area (Å²) in [5.41, 5.74) is 0. The van der Waals surface area contributed by atoms with Gasteiger partial charge in [0.2, 0.25) is 5.88 Å². The Morgan fingerprint density at radius 2 is 2.28 bits per heavy atom. The summed E-state index contributed by atoms with van der Waals surface area (Å²) in [4.78, 5) is 8.46. The van der Waals surface area contributed by atoms with Crippen molar-refractivity contribution in [3.63, 3.8) is 0 Å². The van der Waals surface area contributed by atoms with E-state index in [0.717, 1.165) is 18.8 Å². The first kappa shape index (κ1) is 13.9. The molecule has 0 bridgehead atoms. The highest BCUT2D eigenvalue weighted by Gasteiger charge is 2.22. The Morgan fingerprint density at radius 3 is 3.00 bits per heavy atom. The molecule has 2 atom stereocenters. The van der Waals surface area contributed by atoms with Crippen molar-refractivity contribution in [1.29, 1.82) is 0 Å². The fraction of sp³-hybridized carbons (Fsp3) is 0.692. The molecule has 0 aliphatic heterocycles. The molecule has 2 unspecified atom stereocenters. The summed E-state index contributed by atoms with van der Waals surface area (Å²) in [5.74, 6) is 1.40. The number of rotatable bonds is 4. The van der Waals surface area contributed by atoms with Gasteiger partial charge < -0.3 is 4.74 Å². The highest BCUT2D eigenvalue weighted by atomic mass is 35.5. The van der Waals surface area contributed by atoms with Crippen molar-refractivity contribution < 1.29 is 4.74 Å². The number of hydrogen-bond acceptors (Lipinski definition) is 4. The number of nitrogens with zero attached hydrogens (tertiary/aromatic N) is 2. The molecule has 1 aliphatic rings. The van der Waals surface area contributed by atoms with E-state index in [0.29, 0.717) is 16.2 Å². The molecule has 2 rings (SSSR count). The molecule has 0 aromatic carbocycles. The van der Waals surface area contributed by atoms with Gasteiger partial charge in [0.05, 0.1) is 0 Å². The molecular weight excluding hydrogens is 268 g/mol. The van der Waals surface area contributed by atoms with Gasteiger partial charge in [-0.15, -0.1) is 0 Å². The highest BCUT2D eigenvalue weighted by Crippen LogP contribution is 2.30. The standard InChI is InChI=1S/C13H19ClN2OS/c1-3-9-5-4-6-10(7-9)17-12-8-11(14)15-13(16-12)18-2/h8-10H,3-7H2,1-2H3. The van der Waals surface area contributed by atoms with Crippen molar-refractivity contribution in [3.8, 4) is 5.88 Å². The van der Waals surface area contributed by atoms with Crippen LogP contribution in [0.5, 0.6) is 5.88 Å². The number of thioether (sulfide) groups is 1. The van der Waals surface area contributed by atoms with Gasteiger partial charge in [0.25, 0.3) is 0 Å². The van der Waals surface area contributed by atoms with E-state index in [1.165, 1.54) is 31.0 Å². The monoisotopic (exact) mass is 286 g/mol. The lowest BCUT2D eigenvalue weighted by atomic mass is 9.85. The van der Waals surface area contributed by atoms with Crippen molar-refractivity contribution in [2.45, 2.75) is 50.3 Å². The van der Waals surface area contributed by atoms with E-state index in [9.17, 15) is 0 Å². The van der Waals surface area contributed by atoms with E-state index >= 15 is 0 Å². The van der Waals surface area contributed by atoms with Gasteiger partial charge in [-0.3, -0.25) is 0 Å². The molecule has 0 N–H and O–H groups in total. The SMILES string of the molecule is CCC1CCCC(Oc2cc(Cl)nc(SC)n2)C1. The third-order valence-corrected chi connectivity index (χ3v) is 4.17. The number of halogens is 1.